The van der Waals surface area contributed by atoms with Gasteiger partial charge in [-0.15, -0.1) is 11.8 Å². The summed E-state index contributed by atoms with van der Waals surface area (Å²) in [6.45, 7) is 0.209. The number of thioether (sulfide) groups is 1. The highest BCUT2D eigenvalue weighted by atomic mass is 32.2. The Labute approximate surface area is 121 Å². The van der Waals surface area contributed by atoms with E-state index in [0.717, 1.165) is 17.3 Å². The summed E-state index contributed by atoms with van der Waals surface area (Å²) in [6, 6.07) is 9.30. The first kappa shape index (κ1) is 16.2. The van der Waals surface area contributed by atoms with Gasteiger partial charge in [-0.25, -0.2) is 0 Å². The lowest BCUT2D eigenvalue weighted by atomic mass is 10.2. The first-order chi connectivity index (χ1) is 9.63. The topological polar surface area (TPSA) is 80.7 Å². The molecule has 0 aliphatic heterocycles. The molecule has 0 aliphatic rings. The largest absolute Gasteiger partial charge is 0.480 e. The molecule has 5 nitrogen and oxygen atoms in total. The summed E-state index contributed by atoms with van der Waals surface area (Å²) in [5, 5.41) is 8.03. The highest BCUT2D eigenvalue weighted by Gasteiger charge is 2.17. The van der Waals surface area contributed by atoms with Crippen molar-refractivity contribution in [2.45, 2.75) is 24.7 Å². The fourth-order valence-electron chi connectivity index (χ4n) is 1.42. The van der Waals surface area contributed by atoms with Crippen LogP contribution in [0.25, 0.3) is 0 Å². The molecule has 0 aromatic heterocycles. The summed E-state index contributed by atoms with van der Waals surface area (Å²) in [7, 11) is 0. The predicted molar refractivity (Wildman–Crippen MR) is 75.4 cm³/mol. The second-order valence-corrected chi connectivity index (χ2v) is 5.31. The molecule has 0 fully saturated rings. The average molecular weight is 296 g/mol. The minimum Gasteiger partial charge on any atom is -0.480 e. The van der Waals surface area contributed by atoms with Gasteiger partial charge < -0.3 is 14.6 Å². The summed E-state index contributed by atoms with van der Waals surface area (Å²) in [4.78, 5) is 32.6. The minimum absolute atomic E-state index is 0.0565. The fourth-order valence-corrected chi connectivity index (χ4v) is 2.35. The van der Waals surface area contributed by atoms with Crippen molar-refractivity contribution in [2.24, 2.45) is 0 Å². The van der Waals surface area contributed by atoms with Crippen LogP contribution in [0.5, 0.6) is 0 Å². The molecule has 0 bridgehead atoms. The van der Waals surface area contributed by atoms with Gasteiger partial charge >= 0.3 is 11.9 Å². The van der Waals surface area contributed by atoms with Crippen LogP contribution in [0.1, 0.15) is 18.4 Å². The van der Waals surface area contributed by atoms with E-state index >= 15 is 0 Å². The number of rotatable bonds is 9. The number of carbonyl (C=O) groups is 3. The molecule has 1 aromatic carbocycles. The third kappa shape index (κ3) is 6.38. The van der Waals surface area contributed by atoms with E-state index in [0.29, 0.717) is 12.0 Å². The Kier molecular flexibility index (Phi) is 7.42. The van der Waals surface area contributed by atoms with Gasteiger partial charge in [-0.05, 0) is 5.56 Å². The van der Waals surface area contributed by atoms with Crippen LogP contribution in [0, 0.1) is 0 Å². The number of carbonyl (C=O) groups excluding carboxylic acids is 2. The Bertz CT molecular complexity index is 446. The molecule has 0 aliphatic carbocycles. The first-order valence-corrected chi connectivity index (χ1v) is 7.16. The van der Waals surface area contributed by atoms with E-state index in [-0.39, 0.29) is 25.4 Å². The van der Waals surface area contributed by atoms with E-state index < -0.39 is 11.2 Å². The van der Waals surface area contributed by atoms with E-state index in [1.807, 2.05) is 30.3 Å². The molecule has 1 N–H and O–H groups in total. The SMILES string of the molecule is O=CCC(SCCC(=O)OCc1ccccc1)C(=O)O. The Balaban J connectivity index is 2.22. The number of aliphatic carboxylic acids is 1. The zero-order valence-corrected chi connectivity index (χ0v) is 11.7. The highest BCUT2D eigenvalue weighted by molar-refractivity contribution is 8.00. The van der Waals surface area contributed by atoms with Gasteiger partial charge in [-0.3, -0.25) is 9.59 Å². The van der Waals surface area contributed by atoms with Gasteiger partial charge in [-0.2, -0.15) is 0 Å². The number of aldehydes is 1. The van der Waals surface area contributed by atoms with Crippen molar-refractivity contribution in [3.63, 3.8) is 0 Å². The molecular weight excluding hydrogens is 280 g/mol. The molecule has 0 amide bonds. The Hall–Kier alpha value is -1.82. The van der Waals surface area contributed by atoms with Crippen LogP contribution in [0.4, 0.5) is 0 Å². The van der Waals surface area contributed by atoms with Crippen LogP contribution in [0.15, 0.2) is 30.3 Å². The molecule has 1 unspecified atom stereocenters. The maximum absolute atomic E-state index is 11.5. The summed E-state index contributed by atoms with van der Waals surface area (Å²) >= 11 is 1.07. The standard InChI is InChI=1S/C14H16O5S/c15-8-6-12(14(17)18)20-9-7-13(16)19-10-11-4-2-1-3-5-11/h1-5,8,12H,6-7,9-10H2,(H,17,18). The van der Waals surface area contributed by atoms with E-state index in [2.05, 4.69) is 0 Å². The van der Waals surface area contributed by atoms with Crippen LogP contribution in [-0.4, -0.2) is 34.3 Å². The molecule has 0 saturated carbocycles. The Morgan fingerprint density at radius 1 is 1.30 bits per heavy atom. The second-order valence-electron chi connectivity index (χ2n) is 4.00. The maximum Gasteiger partial charge on any atom is 0.317 e. The summed E-state index contributed by atoms with van der Waals surface area (Å²) in [6.07, 6.45) is 0.638. The van der Waals surface area contributed by atoms with Crippen molar-refractivity contribution >= 4 is 30.0 Å². The number of benzene rings is 1. The van der Waals surface area contributed by atoms with Gasteiger partial charge in [0.1, 0.15) is 18.1 Å². The fraction of sp³-hybridized carbons (Fsp3) is 0.357. The van der Waals surface area contributed by atoms with E-state index in [9.17, 15) is 14.4 Å². The van der Waals surface area contributed by atoms with Gasteiger partial charge in [-0.1, -0.05) is 30.3 Å². The van der Waals surface area contributed by atoms with Crippen molar-refractivity contribution in [1.29, 1.82) is 0 Å². The van der Waals surface area contributed by atoms with Crippen LogP contribution in [0.2, 0.25) is 0 Å². The smallest absolute Gasteiger partial charge is 0.317 e. The van der Waals surface area contributed by atoms with Gasteiger partial charge in [0.15, 0.2) is 0 Å². The average Bonchev–Trinajstić information content (AvgIpc) is 2.45. The quantitative estimate of drug-likeness (QED) is 0.553. The molecule has 6 heteroatoms. The first-order valence-electron chi connectivity index (χ1n) is 6.11. The van der Waals surface area contributed by atoms with E-state index in [1.165, 1.54) is 0 Å². The number of carboxylic acid groups (broad SMARTS) is 1. The number of hydrogen-bond donors (Lipinski definition) is 1. The zero-order chi connectivity index (χ0) is 14.8. The number of carboxylic acids is 1. The van der Waals surface area contributed by atoms with E-state index in [1.54, 1.807) is 0 Å². The van der Waals surface area contributed by atoms with Crippen LogP contribution in [-0.2, 0) is 25.7 Å². The van der Waals surface area contributed by atoms with E-state index in [4.69, 9.17) is 9.84 Å². The molecule has 1 aromatic rings. The molecule has 0 radical (unpaired) electrons. The number of ether oxygens (including phenoxy) is 1. The third-order valence-corrected chi connectivity index (χ3v) is 3.69. The number of esters is 1. The Morgan fingerprint density at radius 3 is 2.60 bits per heavy atom. The predicted octanol–water partition coefficient (Wildman–Crippen LogP) is 1.90. The lowest BCUT2D eigenvalue weighted by Crippen LogP contribution is -2.18. The maximum atomic E-state index is 11.5. The Morgan fingerprint density at radius 2 is 2.00 bits per heavy atom. The van der Waals surface area contributed by atoms with Crippen molar-refractivity contribution in [2.75, 3.05) is 5.75 Å². The molecule has 0 heterocycles. The normalized spacial score (nSPS) is 11.6. The molecule has 1 atom stereocenters. The number of hydrogen-bond acceptors (Lipinski definition) is 5. The van der Waals surface area contributed by atoms with Gasteiger partial charge in [0.05, 0.1) is 6.42 Å². The molecule has 20 heavy (non-hydrogen) atoms. The monoisotopic (exact) mass is 296 g/mol. The second kappa shape index (κ2) is 9.14. The van der Waals surface area contributed by atoms with Gasteiger partial charge in [0.2, 0.25) is 0 Å². The highest BCUT2D eigenvalue weighted by Crippen LogP contribution is 2.15. The lowest BCUT2D eigenvalue weighted by Gasteiger charge is -2.08. The van der Waals surface area contributed by atoms with Crippen LogP contribution in [0.3, 0.4) is 0 Å². The molecule has 108 valence electrons. The van der Waals surface area contributed by atoms with Crippen LogP contribution < -0.4 is 0 Å². The summed E-state index contributed by atoms with van der Waals surface area (Å²) in [5.41, 5.74) is 0.901. The zero-order valence-electron chi connectivity index (χ0n) is 10.9. The van der Waals surface area contributed by atoms with Crippen molar-refractivity contribution < 1.29 is 24.2 Å². The van der Waals surface area contributed by atoms with Crippen molar-refractivity contribution in [1.82, 2.24) is 0 Å². The van der Waals surface area contributed by atoms with Crippen molar-refractivity contribution in [3.05, 3.63) is 35.9 Å². The third-order valence-electron chi connectivity index (χ3n) is 2.45. The van der Waals surface area contributed by atoms with Gasteiger partial charge in [0, 0.05) is 12.2 Å². The van der Waals surface area contributed by atoms with Gasteiger partial charge in [0.25, 0.3) is 0 Å². The van der Waals surface area contributed by atoms with Crippen LogP contribution >= 0.6 is 11.8 Å². The molecule has 0 saturated heterocycles. The summed E-state index contributed by atoms with van der Waals surface area (Å²) < 4.78 is 5.06. The molecule has 1 rings (SSSR count). The lowest BCUT2D eigenvalue weighted by molar-refractivity contribution is -0.144. The van der Waals surface area contributed by atoms with Crippen molar-refractivity contribution in [3.8, 4) is 0 Å². The molecule has 0 spiro atoms. The minimum atomic E-state index is -1.04. The molecular formula is C14H16O5S. The summed E-state index contributed by atoms with van der Waals surface area (Å²) in [5.74, 6) is -1.10.